The summed E-state index contributed by atoms with van der Waals surface area (Å²) >= 11 is 0. The highest BCUT2D eigenvalue weighted by Crippen LogP contribution is 2.04. The average molecular weight is 210 g/mol. The molecule has 0 heterocycles. The Hall–Kier alpha value is -0.130. The van der Waals surface area contributed by atoms with Crippen molar-refractivity contribution in [3.8, 4) is 0 Å². The van der Waals surface area contributed by atoms with Crippen LogP contribution in [0.25, 0.3) is 0 Å². The van der Waals surface area contributed by atoms with E-state index in [9.17, 15) is 13.5 Å². The third-order valence-electron chi connectivity index (χ3n) is 1.76. The molecule has 80 valence electrons. The van der Waals surface area contributed by atoms with Crippen LogP contribution in [0.4, 0.5) is 0 Å². The number of rotatable bonds is 6. The molecule has 0 aliphatic rings. The molecule has 0 radical (unpaired) electrons. The Bertz CT molecular complexity index is 222. The number of hydrogen-bond acceptors (Lipinski definition) is 4. The monoisotopic (exact) mass is 210 g/mol. The zero-order valence-electron chi connectivity index (χ0n) is 8.36. The lowest BCUT2D eigenvalue weighted by Gasteiger charge is -2.17. The maximum atomic E-state index is 10.8. The Morgan fingerprint density at radius 3 is 2.38 bits per heavy atom. The highest BCUT2D eigenvalue weighted by molar-refractivity contribution is 7.90. The van der Waals surface area contributed by atoms with Gasteiger partial charge in [0.25, 0.3) is 0 Å². The number of hydrogen-bond donors (Lipinski definition) is 1. The lowest BCUT2D eigenvalue weighted by molar-refractivity contribution is -0.0222. The molecule has 0 aromatic carbocycles. The second kappa shape index (κ2) is 5.57. The van der Waals surface area contributed by atoms with Crippen LogP contribution in [-0.2, 0) is 14.6 Å². The Balaban J connectivity index is 3.80. The summed E-state index contributed by atoms with van der Waals surface area (Å²) in [6, 6.07) is 0. The summed E-state index contributed by atoms with van der Waals surface area (Å²) < 4.78 is 26.7. The molecule has 0 bridgehead atoms. The van der Waals surface area contributed by atoms with Crippen molar-refractivity contribution in [2.45, 2.75) is 32.5 Å². The van der Waals surface area contributed by atoms with E-state index < -0.39 is 15.9 Å². The van der Waals surface area contributed by atoms with E-state index in [0.29, 0.717) is 6.61 Å². The van der Waals surface area contributed by atoms with Gasteiger partial charge in [0.05, 0.1) is 18.0 Å². The minimum atomic E-state index is -2.98. The van der Waals surface area contributed by atoms with Gasteiger partial charge in [0.1, 0.15) is 9.84 Å². The van der Waals surface area contributed by atoms with Crippen molar-refractivity contribution in [1.82, 2.24) is 0 Å². The first kappa shape index (κ1) is 12.9. The van der Waals surface area contributed by atoms with Gasteiger partial charge >= 0.3 is 0 Å². The first-order valence-corrected chi connectivity index (χ1v) is 6.40. The fraction of sp³-hybridized carbons (Fsp3) is 1.00. The van der Waals surface area contributed by atoms with Gasteiger partial charge in [-0.05, 0) is 20.3 Å². The average Bonchev–Trinajstić information content (AvgIpc) is 1.99. The number of aliphatic hydroxyl groups excluding tert-OH is 1. The summed E-state index contributed by atoms with van der Waals surface area (Å²) in [5, 5.41) is 9.42. The van der Waals surface area contributed by atoms with Crippen molar-refractivity contribution in [3.05, 3.63) is 0 Å². The lowest BCUT2D eigenvalue weighted by Crippen LogP contribution is -2.28. The quantitative estimate of drug-likeness (QED) is 0.680. The summed E-state index contributed by atoms with van der Waals surface area (Å²) in [6.45, 7) is 4.09. The van der Waals surface area contributed by atoms with E-state index in [4.69, 9.17) is 4.74 Å². The molecule has 0 rings (SSSR count). The lowest BCUT2D eigenvalue weighted by atomic mass is 10.2. The maximum absolute atomic E-state index is 10.8. The topological polar surface area (TPSA) is 63.6 Å². The van der Waals surface area contributed by atoms with Gasteiger partial charge in [0, 0.05) is 12.9 Å². The predicted octanol–water partition coefficient (Wildman–Crippen LogP) is 0.207. The van der Waals surface area contributed by atoms with Crippen LogP contribution >= 0.6 is 0 Å². The SMILES string of the molecule is CCOC(C)C(O)CCS(C)(=O)=O. The van der Waals surface area contributed by atoms with Crippen LogP contribution in [-0.4, -0.2) is 44.3 Å². The molecule has 0 aromatic rings. The summed E-state index contributed by atoms with van der Waals surface area (Å²) in [5.41, 5.74) is 0. The standard InChI is InChI=1S/C8H18O4S/c1-4-12-7(2)8(9)5-6-13(3,10)11/h7-9H,4-6H2,1-3H3. The van der Waals surface area contributed by atoms with E-state index in [-0.39, 0.29) is 18.3 Å². The Morgan fingerprint density at radius 1 is 1.46 bits per heavy atom. The Morgan fingerprint density at radius 2 is 2.00 bits per heavy atom. The van der Waals surface area contributed by atoms with Crippen LogP contribution in [0.2, 0.25) is 0 Å². The summed E-state index contributed by atoms with van der Waals surface area (Å²) in [4.78, 5) is 0. The van der Waals surface area contributed by atoms with Crippen molar-refractivity contribution < 1.29 is 18.3 Å². The molecule has 0 fully saturated rings. The van der Waals surface area contributed by atoms with E-state index >= 15 is 0 Å². The summed E-state index contributed by atoms with van der Waals surface area (Å²) in [6.07, 6.45) is 0.395. The van der Waals surface area contributed by atoms with E-state index in [1.54, 1.807) is 6.92 Å². The van der Waals surface area contributed by atoms with Crippen molar-refractivity contribution in [1.29, 1.82) is 0 Å². The molecule has 2 unspecified atom stereocenters. The minimum absolute atomic E-state index is 0.00554. The molecule has 2 atom stereocenters. The third-order valence-corrected chi connectivity index (χ3v) is 2.73. The largest absolute Gasteiger partial charge is 0.390 e. The molecule has 1 N–H and O–H groups in total. The van der Waals surface area contributed by atoms with Crippen molar-refractivity contribution in [2.24, 2.45) is 0 Å². The summed E-state index contributed by atoms with van der Waals surface area (Å²) in [5.74, 6) is 0.00554. The molecule has 0 aromatic heterocycles. The maximum Gasteiger partial charge on any atom is 0.147 e. The van der Waals surface area contributed by atoms with Crippen LogP contribution in [0.3, 0.4) is 0 Å². The number of sulfone groups is 1. The van der Waals surface area contributed by atoms with Crippen LogP contribution in [0.1, 0.15) is 20.3 Å². The number of ether oxygens (including phenoxy) is 1. The van der Waals surface area contributed by atoms with Gasteiger partial charge < -0.3 is 9.84 Å². The van der Waals surface area contributed by atoms with Crippen LogP contribution in [0.5, 0.6) is 0 Å². The van der Waals surface area contributed by atoms with Crippen LogP contribution < -0.4 is 0 Å². The van der Waals surface area contributed by atoms with E-state index in [2.05, 4.69) is 0 Å². The second-order valence-electron chi connectivity index (χ2n) is 3.15. The molecule has 13 heavy (non-hydrogen) atoms. The third kappa shape index (κ3) is 6.98. The molecule has 5 heteroatoms. The van der Waals surface area contributed by atoms with E-state index in [0.717, 1.165) is 6.26 Å². The highest BCUT2D eigenvalue weighted by Gasteiger charge is 2.16. The van der Waals surface area contributed by atoms with Gasteiger partial charge in [-0.2, -0.15) is 0 Å². The fourth-order valence-electron chi connectivity index (χ4n) is 0.943. The van der Waals surface area contributed by atoms with Crippen molar-refractivity contribution in [2.75, 3.05) is 18.6 Å². The molecule has 0 saturated carbocycles. The Labute approximate surface area is 79.8 Å². The van der Waals surface area contributed by atoms with Crippen molar-refractivity contribution in [3.63, 3.8) is 0 Å². The van der Waals surface area contributed by atoms with Gasteiger partial charge in [0.15, 0.2) is 0 Å². The van der Waals surface area contributed by atoms with E-state index in [1.165, 1.54) is 0 Å². The molecule has 0 amide bonds. The van der Waals surface area contributed by atoms with Gasteiger partial charge in [0.2, 0.25) is 0 Å². The van der Waals surface area contributed by atoms with Crippen LogP contribution in [0.15, 0.2) is 0 Å². The zero-order chi connectivity index (χ0) is 10.5. The molecule has 0 saturated heterocycles. The molecule has 4 nitrogen and oxygen atoms in total. The first-order chi connectivity index (χ1) is 5.87. The summed E-state index contributed by atoms with van der Waals surface area (Å²) in [7, 11) is -2.98. The van der Waals surface area contributed by atoms with Gasteiger partial charge in [-0.3, -0.25) is 0 Å². The number of aliphatic hydroxyl groups is 1. The molecule has 0 aliphatic heterocycles. The minimum Gasteiger partial charge on any atom is -0.390 e. The van der Waals surface area contributed by atoms with Gasteiger partial charge in [-0.25, -0.2) is 8.42 Å². The second-order valence-corrected chi connectivity index (χ2v) is 5.41. The molecule has 0 aliphatic carbocycles. The molecular formula is C8H18O4S. The van der Waals surface area contributed by atoms with Crippen molar-refractivity contribution >= 4 is 9.84 Å². The zero-order valence-corrected chi connectivity index (χ0v) is 9.17. The van der Waals surface area contributed by atoms with Crippen LogP contribution in [0, 0.1) is 0 Å². The van der Waals surface area contributed by atoms with Gasteiger partial charge in [-0.15, -0.1) is 0 Å². The first-order valence-electron chi connectivity index (χ1n) is 4.34. The van der Waals surface area contributed by atoms with Gasteiger partial charge in [-0.1, -0.05) is 0 Å². The van der Waals surface area contributed by atoms with E-state index in [1.807, 2.05) is 6.92 Å². The smallest absolute Gasteiger partial charge is 0.147 e. The Kier molecular flexibility index (Phi) is 5.51. The normalized spacial score (nSPS) is 16.9. The molecule has 0 spiro atoms. The molecular weight excluding hydrogens is 192 g/mol. The predicted molar refractivity (Wildman–Crippen MR) is 51.4 cm³/mol. The fourth-order valence-corrected chi connectivity index (χ4v) is 1.61. The highest BCUT2D eigenvalue weighted by atomic mass is 32.2.